The predicted octanol–water partition coefficient (Wildman–Crippen LogP) is 0.943. The lowest BCUT2D eigenvalue weighted by Gasteiger charge is -2.28. The zero-order valence-electron chi connectivity index (χ0n) is 12.2. The number of para-hydroxylation sites is 1. The second-order valence-corrected chi connectivity index (χ2v) is 5.65. The van der Waals surface area contributed by atoms with E-state index >= 15 is 0 Å². The third kappa shape index (κ3) is 3.14. The number of hydrogen-bond acceptors (Lipinski definition) is 5. The van der Waals surface area contributed by atoms with Gasteiger partial charge >= 0.3 is 0 Å². The van der Waals surface area contributed by atoms with E-state index in [9.17, 15) is 9.90 Å². The predicted molar refractivity (Wildman–Crippen MR) is 79.5 cm³/mol. The van der Waals surface area contributed by atoms with Gasteiger partial charge in [-0.25, -0.2) is 0 Å². The van der Waals surface area contributed by atoms with Gasteiger partial charge in [-0.2, -0.15) is 4.68 Å². The van der Waals surface area contributed by atoms with E-state index in [-0.39, 0.29) is 18.6 Å². The van der Waals surface area contributed by atoms with Crippen LogP contribution in [0, 0.1) is 5.92 Å². The summed E-state index contributed by atoms with van der Waals surface area (Å²) >= 11 is 0. The van der Waals surface area contributed by atoms with Crippen molar-refractivity contribution in [3.05, 3.63) is 36.2 Å². The van der Waals surface area contributed by atoms with Gasteiger partial charge in [-0.3, -0.25) is 4.79 Å². The van der Waals surface area contributed by atoms with Gasteiger partial charge in [0, 0.05) is 12.6 Å². The van der Waals surface area contributed by atoms with Gasteiger partial charge in [0.05, 0.1) is 11.3 Å². The molecule has 116 valence electrons. The Balaban J connectivity index is 1.71. The van der Waals surface area contributed by atoms with Crippen LogP contribution in [0.2, 0.25) is 0 Å². The highest BCUT2D eigenvalue weighted by Gasteiger charge is 2.23. The van der Waals surface area contributed by atoms with Gasteiger partial charge in [0.25, 0.3) is 5.91 Å². The summed E-state index contributed by atoms with van der Waals surface area (Å²) in [6, 6.07) is 7.42. The first-order valence-corrected chi connectivity index (χ1v) is 7.52. The van der Waals surface area contributed by atoms with Gasteiger partial charge in [0.1, 0.15) is 6.33 Å². The number of hydrogen-bond donors (Lipinski definition) is 2. The average Bonchev–Trinajstić information content (AvgIpc) is 3.10. The van der Waals surface area contributed by atoms with Crippen LogP contribution in [0.4, 0.5) is 0 Å². The van der Waals surface area contributed by atoms with Crippen LogP contribution in [0.25, 0.3) is 5.69 Å². The third-order valence-electron chi connectivity index (χ3n) is 4.18. The Morgan fingerprint density at radius 1 is 1.27 bits per heavy atom. The Labute approximate surface area is 128 Å². The molecule has 2 N–H and O–H groups in total. The summed E-state index contributed by atoms with van der Waals surface area (Å²) in [5.41, 5.74) is 1.22. The van der Waals surface area contributed by atoms with Crippen LogP contribution in [0.15, 0.2) is 30.6 Å². The van der Waals surface area contributed by atoms with E-state index in [1.807, 2.05) is 18.2 Å². The smallest absolute Gasteiger partial charge is 0.253 e. The Hall–Kier alpha value is -2.28. The quantitative estimate of drug-likeness (QED) is 0.877. The molecule has 1 saturated carbocycles. The van der Waals surface area contributed by atoms with Crippen LogP contribution in [0.3, 0.4) is 0 Å². The molecule has 0 saturated heterocycles. The van der Waals surface area contributed by atoms with Crippen molar-refractivity contribution < 1.29 is 9.90 Å². The lowest BCUT2D eigenvalue weighted by molar-refractivity contribution is 0.0914. The Bertz CT molecular complexity index is 621. The number of rotatable bonds is 4. The van der Waals surface area contributed by atoms with Crippen LogP contribution < -0.4 is 5.32 Å². The first kappa shape index (κ1) is 14.6. The van der Waals surface area contributed by atoms with Gasteiger partial charge < -0.3 is 10.4 Å². The van der Waals surface area contributed by atoms with Gasteiger partial charge in [0.2, 0.25) is 0 Å². The molecule has 1 aliphatic carbocycles. The number of nitrogens with zero attached hydrogens (tertiary/aromatic N) is 4. The van der Waals surface area contributed by atoms with E-state index in [1.165, 1.54) is 11.0 Å². The summed E-state index contributed by atoms with van der Waals surface area (Å²) in [4.78, 5) is 12.5. The molecule has 7 heteroatoms. The van der Waals surface area contributed by atoms with Crippen molar-refractivity contribution in [2.24, 2.45) is 5.92 Å². The van der Waals surface area contributed by atoms with Crippen molar-refractivity contribution in [1.82, 2.24) is 25.5 Å². The average molecular weight is 301 g/mol. The topological polar surface area (TPSA) is 92.9 Å². The Morgan fingerprint density at radius 2 is 2.05 bits per heavy atom. The maximum absolute atomic E-state index is 12.5. The number of benzene rings is 1. The molecule has 0 aliphatic heterocycles. The third-order valence-corrected chi connectivity index (χ3v) is 4.18. The van der Waals surface area contributed by atoms with Crippen LogP contribution in [-0.4, -0.2) is 43.9 Å². The zero-order chi connectivity index (χ0) is 15.4. The molecular formula is C15H19N5O2. The molecule has 0 spiro atoms. The molecule has 1 heterocycles. The summed E-state index contributed by atoms with van der Waals surface area (Å²) in [6.45, 7) is 0.239. The van der Waals surface area contributed by atoms with E-state index in [1.54, 1.807) is 6.07 Å². The van der Waals surface area contributed by atoms with Gasteiger partial charge in [-0.05, 0) is 54.2 Å². The fraction of sp³-hybridized carbons (Fsp3) is 0.467. The molecule has 1 aromatic carbocycles. The van der Waals surface area contributed by atoms with Crippen molar-refractivity contribution in [3.63, 3.8) is 0 Å². The highest BCUT2D eigenvalue weighted by Crippen LogP contribution is 2.24. The first-order valence-electron chi connectivity index (χ1n) is 7.52. The van der Waals surface area contributed by atoms with Crippen molar-refractivity contribution in [3.8, 4) is 5.69 Å². The molecule has 2 aromatic rings. The summed E-state index contributed by atoms with van der Waals surface area (Å²) in [5, 5.41) is 23.3. The van der Waals surface area contributed by atoms with Crippen molar-refractivity contribution >= 4 is 5.91 Å². The summed E-state index contributed by atoms with van der Waals surface area (Å²) in [7, 11) is 0. The number of amides is 1. The fourth-order valence-electron chi connectivity index (χ4n) is 2.89. The number of carbonyl (C=O) groups is 1. The molecule has 1 fully saturated rings. The van der Waals surface area contributed by atoms with Crippen molar-refractivity contribution in [2.45, 2.75) is 31.7 Å². The van der Waals surface area contributed by atoms with Crippen molar-refractivity contribution in [2.75, 3.05) is 6.61 Å². The molecular weight excluding hydrogens is 282 g/mol. The number of nitrogens with one attached hydrogen (secondary N) is 1. The molecule has 1 aromatic heterocycles. The lowest BCUT2D eigenvalue weighted by Crippen LogP contribution is -2.38. The monoisotopic (exact) mass is 301 g/mol. The molecule has 7 nitrogen and oxygen atoms in total. The minimum absolute atomic E-state index is 0.112. The van der Waals surface area contributed by atoms with Gasteiger partial charge in [-0.1, -0.05) is 12.1 Å². The standard InChI is InChI=1S/C15H19N5O2/c21-9-11-5-7-12(8-6-11)17-15(22)13-3-1-2-4-14(13)20-10-16-18-19-20/h1-4,10-12,21H,5-9H2,(H,17,22). The normalized spacial score (nSPS) is 21.5. The minimum Gasteiger partial charge on any atom is -0.396 e. The molecule has 0 radical (unpaired) electrons. The van der Waals surface area contributed by atoms with E-state index in [2.05, 4.69) is 20.8 Å². The summed E-state index contributed by atoms with van der Waals surface area (Å²) < 4.78 is 1.48. The van der Waals surface area contributed by atoms with E-state index in [0.717, 1.165) is 25.7 Å². The second-order valence-electron chi connectivity index (χ2n) is 5.65. The van der Waals surface area contributed by atoms with Crippen molar-refractivity contribution in [1.29, 1.82) is 0 Å². The molecule has 0 atom stereocenters. The van der Waals surface area contributed by atoms with Gasteiger partial charge in [-0.15, -0.1) is 5.10 Å². The lowest BCUT2D eigenvalue weighted by atomic mass is 9.86. The largest absolute Gasteiger partial charge is 0.396 e. The SMILES string of the molecule is O=C(NC1CCC(CO)CC1)c1ccccc1-n1cnnn1. The molecule has 22 heavy (non-hydrogen) atoms. The molecule has 0 bridgehead atoms. The van der Waals surface area contributed by atoms with Gasteiger partial charge in [0.15, 0.2) is 0 Å². The van der Waals surface area contributed by atoms with Crippen LogP contribution in [0.5, 0.6) is 0 Å². The maximum Gasteiger partial charge on any atom is 0.253 e. The number of aromatic nitrogens is 4. The number of aliphatic hydroxyl groups is 1. The fourth-order valence-corrected chi connectivity index (χ4v) is 2.89. The van der Waals surface area contributed by atoms with Crippen LogP contribution in [-0.2, 0) is 0 Å². The molecule has 3 rings (SSSR count). The zero-order valence-corrected chi connectivity index (χ0v) is 12.2. The highest BCUT2D eigenvalue weighted by molar-refractivity contribution is 5.97. The number of aliphatic hydroxyl groups excluding tert-OH is 1. The molecule has 1 amide bonds. The van der Waals surface area contributed by atoms with E-state index in [0.29, 0.717) is 17.2 Å². The number of tetrazole rings is 1. The number of carbonyl (C=O) groups excluding carboxylic acids is 1. The maximum atomic E-state index is 12.5. The minimum atomic E-state index is -0.112. The Kier molecular flexibility index (Phi) is 4.43. The summed E-state index contributed by atoms with van der Waals surface area (Å²) in [6.07, 6.45) is 5.19. The first-order chi connectivity index (χ1) is 10.8. The highest BCUT2D eigenvalue weighted by atomic mass is 16.3. The van der Waals surface area contributed by atoms with E-state index in [4.69, 9.17) is 0 Å². The Morgan fingerprint density at radius 3 is 2.73 bits per heavy atom. The van der Waals surface area contributed by atoms with Crippen LogP contribution >= 0.6 is 0 Å². The second kappa shape index (κ2) is 6.65. The molecule has 0 unspecified atom stereocenters. The molecule has 1 aliphatic rings. The van der Waals surface area contributed by atoms with Crippen LogP contribution in [0.1, 0.15) is 36.0 Å². The van der Waals surface area contributed by atoms with E-state index < -0.39 is 0 Å². The summed E-state index contributed by atoms with van der Waals surface area (Å²) in [5.74, 6) is 0.264.